The van der Waals surface area contributed by atoms with Crippen molar-refractivity contribution in [2.75, 3.05) is 10.6 Å². The van der Waals surface area contributed by atoms with Crippen LogP contribution in [-0.4, -0.2) is 16.8 Å². The first-order chi connectivity index (χ1) is 9.09. The van der Waals surface area contributed by atoms with E-state index in [0.29, 0.717) is 0 Å². The van der Waals surface area contributed by atoms with Gasteiger partial charge in [0.25, 0.3) is 11.8 Å². The number of pyridine rings is 1. The second-order valence-corrected chi connectivity index (χ2v) is 4.05. The van der Waals surface area contributed by atoms with Gasteiger partial charge in [0.1, 0.15) is 11.5 Å². The molecule has 94 valence electrons. The molecule has 1 aliphatic heterocycles. The van der Waals surface area contributed by atoms with Gasteiger partial charge in [0.05, 0.1) is 16.9 Å². The fourth-order valence-electron chi connectivity index (χ4n) is 1.96. The lowest BCUT2D eigenvalue weighted by Gasteiger charge is -2.13. The van der Waals surface area contributed by atoms with E-state index in [0.717, 1.165) is 11.0 Å². The van der Waals surface area contributed by atoms with Gasteiger partial charge in [0.15, 0.2) is 0 Å². The number of nitrogen functional groups attached to an aromatic ring is 1. The van der Waals surface area contributed by atoms with Gasteiger partial charge in [-0.3, -0.25) is 14.6 Å². The number of anilines is 2. The van der Waals surface area contributed by atoms with E-state index >= 15 is 0 Å². The van der Waals surface area contributed by atoms with Crippen molar-refractivity contribution < 1.29 is 14.0 Å². The molecule has 1 aromatic carbocycles. The highest BCUT2D eigenvalue weighted by molar-refractivity contribution is 6.33. The molecule has 5 nitrogen and oxygen atoms in total. The van der Waals surface area contributed by atoms with Crippen LogP contribution in [0.1, 0.15) is 20.8 Å². The minimum Gasteiger partial charge on any atom is -0.396 e. The van der Waals surface area contributed by atoms with E-state index in [1.165, 1.54) is 24.4 Å². The van der Waals surface area contributed by atoms with Gasteiger partial charge in [-0.1, -0.05) is 0 Å². The lowest BCUT2D eigenvalue weighted by atomic mass is 10.2. The number of halogens is 1. The molecule has 0 radical (unpaired) electrons. The molecule has 2 heterocycles. The summed E-state index contributed by atoms with van der Waals surface area (Å²) in [4.78, 5) is 29.0. The van der Waals surface area contributed by atoms with Crippen molar-refractivity contribution >= 4 is 23.2 Å². The quantitative estimate of drug-likeness (QED) is 0.622. The molecule has 0 fully saturated rings. The molecule has 3 rings (SSSR count). The van der Waals surface area contributed by atoms with Crippen LogP contribution in [0.3, 0.4) is 0 Å². The smallest absolute Gasteiger partial charge is 0.284 e. The van der Waals surface area contributed by atoms with Crippen LogP contribution in [0.4, 0.5) is 15.8 Å². The number of carbonyl (C=O) groups is 2. The van der Waals surface area contributed by atoms with Crippen molar-refractivity contribution in [3.05, 3.63) is 53.6 Å². The van der Waals surface area contributed by atoms with E-state index in [1.807, 2.05) is 0 Å². The van der Waals surface area contributed by atoms with E-state index < -0.39 is 17.6 Å². The van der Waals surface area contributed by atoms with Gasteiger partial charge < -0.3 is 5.73 Å². The molecule has 19 heavy (non-hydrogen) atoms. The Morgan fingerprint density at radius 2 is 1.95 bits per heavy atom. The summed E-state index contributed by atoms with van der Waals surface area (Å²) >= 11 is 0. The third-order valence-electron chi connectivity index (χ3n) is 2.89. The number of imide groups is 1. The molecule has 0 unspecified atom stereocenters. The topological polar surface area (TPSA) is 76.3 Å². The second-order valence-electron chi connectivity index (χ2n) is 4.05. The van der Waals surface area contributed by atoms with Gasteiger partial charge in [-0.25, -0.2) is 9.29 Å². The number of benzene rings is 1. The zero-order valence-corrected chi connectivity index (χ0v) is 9.63. The van der Waals surface area contributed by atoms with Gasteiger partial charge in [-0.15, -0.1) is 0 Å². The standard InChI is InChI=1S/C13H8FN3O2/c14-9-6-7(3-4-10(9)15)17-12(18)8-2-1-5-16-11(8)13(17)19/h1-6H,15H2. The average Bonchev–Trinajstić information content (AvgIpc) is 2.66. The summed E-state index contributed by atoms with van der Waals surface area (Å²) in [5.74, 6) is -1.76. The van der Waals surface area contributed by atoms with Crippen LogP contribution in [0.25, 0.3) is 0 Å². The van der Waals surface area contributed by atoms with Gasteiger partial charge in [-0.2, -0.15) is 0 Å². The van der Waals surface area contributed by atoms with Crippen LogP contribution in [-0.2, 0) is 0 Å². The highest BCUT2D eigenvalue weighted by Gasteiger charge is 2.37. The predicted molar refractivity (Wildman–Crippen MR) is 66.2 cm³/mol. The highest BCUT2D eigenvalue weighted by Crippen LogP contribution is 2.28. The van der Waals surface area contributed by atoms with E-state index in [4.69, 9.17) is 5.73 Å². The Morgan fingerprint density at radius 1 is 1.16 bits per heavy atom. The number of hydrogen-bond donors (Lipinski definition) is 1. The molecule has 1 aliphatic rings. The molecule has 0 atom stereocenters. The minimum atomic E-state index is -0.679. The lowest BCUT2D eigenvalue weighted by molar-refractivity contribution is 0.0924. The molecule has 6 heteroatoms. The Labute approximate surface area is 107 Å². The molecule has 1 aromatic heterocycles. The largest absolute Gasteiger partial charge is 0.396 e. The lowest BCUT2D eigenvalue weighted by Crippen LogP contribution is -2.29. The first kappa shape index (κ1) is 11.3. The van der Waals surface area contributed by atoms with Gasteiger partial charge in [0, 0.05) is 12.3 Å². The Balaban J connectivity index is 2.11. The number of aromatic nitrogens is 1. The van der Waals surface area contributed by atoms with Gasteiger partial charge in [-0.05, 0) is 24.3 Å². The highest BCUT2D eigenvalue weighted by atomic mass is 19.1. The minimum absolute atomic E-state index is 0.0431. The molecule has 2 aromatic rings. The fourth-order valence-corrected chi connectivity index (χ4v) is 1.96. The van der Waals surface area contributed by atoms with E-state index in [2.05, 4.69) is 4.98 Å². The maximum absolute atomic E-state index is 13.4. The molecule has 2 amide bonds. The Kier molecular flexibility index (Phi) is 2.31. The second kappa shape index (κ2) is 3.88. The maximum atomic E-state index is 13.4. The van der Waals surface area contributed by atoms with Gasteiger partial charge >= 0.3 is 0 Å². The summed E-state index contributed by atoms with van der Waals surface area (Å²) in [6, 6.07) is 6.85. The van der Waals surface area contributed by atoms with Crippen molar-refractivity contribution in [2.24, 2.45) is 0 Å². The average molecular weight is 257 g/mol. The summed E-state index contributed by atoms with van der Waals surface area (Å²) in [5, 5.41) is 0. The van der Waals surface area contributed by atoms with Crippen LogP contribution in [0.15, 0.2) is 36.5 Å². The number of rotatable bonds is 1. The Morgan fingerprint density at radius 3 is 2.63 bits per heavy atom. The first-order valence-corrected chi connectivity index (χ1v) is 5.48. The van der Waals surface area contributed by atoms with Crippen LogP contribution in [0.2, 0.25) is 0 Å². The number of nitrogens with two attached hydrogens (primary N) is 1. The number of hydrogen-bond acceptors (Lipinski definition) is 4. The summed E-state index contributed by atoms with van der Waals surface area (Å²) in [5.41, 5.74) is 5.75. The Bertz CT molecular complexity index is 680. The van der Waals surface area contributed by atoms with Crippen molar-refractivity contribution in [1.82, 2.24) is 4.98 Å². The first-order valence-electron chi connectivity index (χ1n) is 5.48. The molecular formula is C13H8FN3O2. The summed E-state index contributed by atoms with van der Waals surface area (Å²) in [7, 11) is 0. The normalized spacial score (nSPS) is 13.8. The third-order valence-corrected chi connectivity index (χ3v) is 2.89. The van der Waals surface area contributed by atoms with Crippen molar-refractivity contribution in [2.45, 2.75) is 0 Å². The predicted octanol–water partition coefficient (Wildman–Crippen LogP) is 1.60. The van der Waals surface area contributed by atoms with E-state index in [1.54, 1.807) is 6.07 Å². The van der Waals surface area contributed by atoms with Crippen molar-refractivity contribution in [3.63, 3.8) is 0 Å². The van der Waals surface area contributed by atoms with E-state index in [9.17, 15) is 14.0 Å². The SMILES string of the molecule is Nc1ccc(N2C(=O)c3cccnc3C2=O)cc1F. The molecule has 0 aliphatic carbocycles. The van der Waals surface area contributed by atoms with E-state index in [-0.39, 0.29) is 22.6 Å². The molecular weight excluding hydrogens is 249 g/mol. The van der Waals surface area contributed by atoms with Crippen LogP contribution in [0, 0.1) is 5.82 Å². The number of nitrogens with zero attached hydrogens (tertiary/aromatic N) is 2. The Hall–Kier alpha value is -2.76. The van der Waals surface area contributed by atoms with Crippen LogP contribution >= 0.6 is 0 Å². The zero-order chi connectivity index (χ0) is 13.6. The zero-order valence-electron chi connectivity index (χ0n) is 9.63. The molecule has 2 N–H and O–H groups in total. The number of carbonyl (C=O) groups excluding carboxylic acids is 2. The molecule has 0 saturated carbocycles. The van der Waals surface area contributed by atoms with Crippen LogP contribution < -0.4 is 10.6 Å². The monoisotopic (exact) mass is 257 g/mol. The van der Waals surface area contributed by atoms with Gasteiger partial charge in [0.2, 0.25) is 0 Å². The maximum Gasteiger partial charge on any atom is 0.284 e. The summed E-state index contributed by atoms with van der Waals surface area (Å²) < 4.78 is 13.4. The molecule has 0 spiro atoms. The molecule has 0 bridgehead atoms. The van der Waals surface area contributed by atoms with Crippen molar-refractivity contribution in [3.8, 4) is 0 Å². The van der Waals surface area contributed by atoms with Crippen LogP contribution in [0.5, 0.6) is 0 Å². The summed E-state index contributed by atoms with van der Waals surface area (Å²) in [6.07, 6.45) is 1.43. The number of amides is 2. The third kappa shape index (κ3) is 1.57. The fraction of sp³-hybridized carbons (Fsp3) is 0. The number of fused-ring (bicyclic) bond motifs is 1. The van der Waals surface area contributed by atoms with Crippen molar-refractivity contribution in [1.29, 1.82) is 0 Å². The molecule has 0 saturated heterocycles. The summed E-state index contributed by atoms with van der Waals surface area (Å²) in [6.45, 7) is 0.